The van der Waals surface area contributed by atoms with Crippen LogP contribution in [-0.2, 0) is 0 Å². The predicted octanol–water partition coefficient (Wildman–Crippen LogP) is 4.76. The van der Waals surface area contributed by atoms with Crippen molar-refractivity contribution in [3.8, 4) is 11.3 Å². The van der Waals surface area contributed by atoms with Crippen molar-refractivity contribution in [3.05, 3.63) is 78.1 Å². The van der Waals surface area contributed by atoms with E-state index < -0.39 is 0 Å². The van der Waals surface area contributed by atoms with Crippen LogP contribution in [0.4, 0.5) is 11.5 Å². The fourth-order valence-electron chi connectivity index (χ4n) is 2.89. The van der Waals surface area contributed by atoms with Crippen molar-refractivity contribution < 1.29 is 0 Å². The van der Waals surface area contributed by atoms with Crippen molar-refractivity contribution in [1.82, 2.24) is 14.4 Å². The Hall–Kier alpha value is -3.14. The Balaban J connectivity index is 1.89. The van der Waals surface area contributed by atoms with Crippen LogP contribution in [0.2, 0.25) is 0 Å². The summed E-state index contributed by atoms with van der Waals surface area (Å²) < 4.78 is 1.99. The third-order valence-corrected chi connectivity index (χ3v) is 4.09. The van der Waals surface area contributed by atoms with Crippen LogP contribution >= 0.6 is 0 Å². The maximum atomic E-state index is 4.72. The van der Waals surface area contributed by atoms with Crippen molar-refractivity contribution in [2.24, 2.45) is 0 Å². The summed E-state index contributed by atoms with van der Waals surface area (Å²) in [6.45, 7) is 4.21. The van der Waals surface area contributed by atoms with E-state index in [0.29, 0.717) is 5.78 Å². The molecule has 0 fully saturated rings. The highest BCUT2D eigenvalue weighted by Crippen LogP contribution is 2.31. The maximum Gasteiger partial charge on any atom is 0.235 e. The summed E-state index contributed by atoms with van der Waals surface area (Å²) >= 11 is 0. The predicted molar refractivity (Wildman–Crippen MR) is 97.6 cm³/mol. The van der Waals surface area contributed by atoms with E-state index in [2.05, 4.69) is 54.5 Å². The molecule has 4 nitrogen and oxygen atoms in total. The van der Waals surface area contributed by atoms with Crippen molar-refractivity contribution in [2.45, 2.75) is 13.8 Å². The average Bonchev–Trinajstić information content (AvgIpc) is 2.97. The molecule has 0 saturated heterocycles. The Bertz CT molecular complexity index is 1000. The lowest BCUT2D eigenvalue weighted by atomic mass is 10.1. The molecule has 0 radical (unpaired) electrons. The van der Waals surface area contributed by atoms with Gasteiger partial charge in [-0.1, -0.05) is 48.0 Å². The van der Waals surface area contributed by atoms with Crippen LogP contribution < -0.4 is 5.32 Å². The molecule has 24 heavy (non-hydrogen) atoms. The monoisotopic (exact) mass is 314 g/mol. The first kappa shape index (κ1) is 14.5. The van der Waals surface area contributed by atoms with Gasteiger partial charge in [0.2, 0.25) is 5.78 Å². The largest absolute Gasteiger partial charge is 0.339 e. The number of rotatable bonds is 3. The minimum Gasteiger partial charge on any atom is -0.339 e. The second-order valence-electron chi connectivity index (χ2n) is 5.91. The Kier molecular flexibility index (Phi) is 3.50. The molecule has 2 aromatic carbocycles. The molecule has 0 atom stereocenters. The van der Waals surface area contributed by atoms with Crippen molar-refractivity contribution >= 4 is 17.3 Å². The van der Waals surface area contributed by atoms with E-state index in [-0.39, 0.29) is 0 Å². The van der Waals surface area contributed by atoms with Gasteiger partial charge in [0.05, 0.1) is 0 Å². The maximum absolute atomic E-state index is 4.72. The molecular weight excluding hydrogens is 296 g/mol. The molecule has 4 heteroatoms. The molecule has 0 aliphatic carbocycles. The third kappa shape index (κ3) is 2.52. The third-order valence-electron chi connectivity index (χ3n) is 4.09. The van der Waals surface area contributed by atoms with E-state index in [1.165, 1.54) is 11.1 Å². The van der Waals surface area contributed by atoms with E-state index in [9.17, 15) is 0 Å². The fraction of sp³-hybridized carbons (Fsp3) is 0.100. The number of aromatic nitrogens is 3. The number of hydrogen-bond donors (Lipinski definition) is 1. The van der Waals surface area contributed by atoms with E-state index in [4.69, 9.17) is 4.98 Å². The van der Waals surface area contributed by atoms with Crippen LogP contribution in [0.1, 0.15) is 11.1 Å². The highest BCUT2D eigenvalue weighted by molar-refractivity contribution is 5.79. The van der Waals surface area contributed by atoms with Crippen LogP contribution in [0.3, 0.4) is 0 Å². The van der Waals surface area contributed by atoms with Gasteiger partial charge in [0.15, 0.2) is 0 Å². The van der Waals surface area contributed by atoms with Gasteiger partial charge in [-0.05, 0) is 31.5 Å². The van der Waals surface area contributed by atoms with Crippen molar-refractivity contribution in [3.63, 3.8) is 0 Å². The quantitative estimate of drug-likeness (QED) is 0.593. The normalized spacial score (nSPS) is 10.9. The van der Waals surface area contributed by atoms with E-state index >= 15 is 0 Å². The molecular formula is C20H18N4. The van der Waals surface area contributed by atoms with Gasteiger partial charge < -0.3 is 5.32 Å². The van der Waals surface area contributed by atoms with E-state index in [1.807, 2.05) is 34.9 Å². The minimum atomic E-state index is 0.684. The van der Waals surface area contributed by atoms with Crippen molar-refractivity contribution in [2.75, 3.05) is 5.32 Å². The second kappa shape index (κ2) is 5.81. The number of fused-ring (bicyclic) bond motifs is 1. The van der Waals surface area contributed by atoms with Gasteiger partial charge >= 0.3 is 0 Å². The van der Waals surface area contributed by atoms with Crippen LogP contribution in [0.5, 0.6) is 0 Å². The topological polar surface area (TPSA) is 42.2 Å². The Morgan fingerprint density at radius 3 is 2.58 bits per heavy atom. The zero-order valence-corrected chi connectivity index (χ0v) is 13.7. The first-order chi connectivity index (χ1) is 11.7. The van der Waals surface area contributed by atoms with Crippen LogP contribution in [0.25, 0.3) is 17.0 Å². The van der Waals surface area contributed by atoms with Crippen molar-refractivity contribution in [1.29, 1.82) is 0 Å². The standard InChI is InChI=1S/C20H18N4/c1-14-9-10-17(15(2)13-14)22-19-18(16-7-4-3-5-8-16)23-20-21-11-6-12-24(19)20/h3-13,22H,1-2H3. The smallest absolute Gasteiger partial charge is 0.235 e. The number of nitrogens with zero attached hydrogens (tertiary/aromatic N) is 3. The zero-order chi connectivity index (χ0) is 16.5. The van der Waals surface area contributed by atoms with Gasteiger partial charge in [0, 0.05) is 23.6 Å². The van der Waals surface area contributed by atoms with Gasteiger partial charge in [-0.25, -0.2) is 9.97 Å². The molecule has 0 spiro atoms. The first-order valence-corrected chi connectivity index (χ1v) is 7.95. The van der Waals surface area contributed by atoms with E-state index in [0.717, 1.165) is 22.8 Å². The number of aryl methyl sites for hydroxylation is 2. The Morgan fingerprint density at radius 1 is 0.958 bits per heavy atom. The lowest BCUT2D eigenvalue weighted by Gasteiger charge is -2.12. The molecule has 0 aliphatic rings. The zero-order valence-electron chi connectivity index (χ0n) is 13.7. The van der Waals surface area contributed by atoms with Crippen LogP contribution in [0.15, 0.2) is 67.0 Å². The first-order valence-electron chi connectivity index (χ1n) is 7.95. The second-order valence-corrected chi connectivity index (χ2v) is 5.91. The highest BCUT2D eigenvalue weighted by atomic mass is 15.2. The summed E-state index contributed by atoms with van der Waals surface area (Å²) in [5.74, 6) is 1.61. The number of benzene rings is 2. The van der Waals surface area contributed by atoms with E-state index in [1.54, 1.807) is 6.20 Å². The molecule has 1 N–H and O–H groups in total. The summed E-state index contributed by atoms with van der Waals surface area (Å²) in [5, 5.41) is 3.55. The average molecular weight is 314 g/mol. The molecule has 0 aliphatic heterocycles. The minimum absolute atomic E-state index is 0.684. The molecule has 0 amide bonds. The number of nitrogens with one attached hydrogen (secondary N) is 1. The molecule has 4 rings (SSSR count). The SMILES string of the molecule is Cc1ccc(Nc2c(-c3ccccc3)nc3ncccn23)c(C)c1. The molecule has 2 heterocycles. The fourth-order valence-corrected chi connectivity index (χ4v) is 2.89. The summed E-state index contributed by atoms with van der Waals surface area (Å²) in [5.41, 5.74) is 5.49. The Labute approximate surface area is 140 Å². The van der Waals surface area contributed by atoms with Crippen LogP contribution in [-0.4, -0.2) is 14.4 Å². The summed E-state index contributed by atoms with van der Waals surface area (Å²) in [4.78, 5) is 9.09. The van der Waals surface area contributed by atoms with Gasteiger partial charge in [-0.2, -0.15) is 0 Å². The molecule has 0 unspecified atom stereocenters. The molecule has 118 valence electrons. The highest BCUT2D eigenvalue weighted by Gasteiger charge is 2.15. The van der Waals surface area contributed by atoms with Gasteiger partial charge in [-0.3, -0.25) is 4.40 Å². The molecule has 0 saturated carbocycles. The number of anilines is 2. The summed E-state index contributed by atoms with van der Waals surface area (Å²) in [6.07, 6.45) is 3.74. The Morgan fingerprint density at radius 2 is 1.79 bits per heavy atom. The lowest BCUT2D eigenvalue weighted by molar-refractivity contribution is 1.11. The number of imidazole rings is 1. The van der Waals surface area contributed by atoms with Gasteiger partial charge in [-0.15, -0.1) is 0 Å². The lowest BCUT2D eigenvalue weighted by Crippen LogP contribution is -1.99. The van der Waals surface area contributed by atoms with Gasteiger partial charge in [0.1, 0.15) is 11.5 Å². The number of hydrogen-bond acceptors (Lipinski definition) is 3. The summed E-state index contributed by atoms with van der Waals surface area (Å²) in [7, 11) is 0. The molecule has 0 bridgehead atoms. The summed E-state index contributed by atoms with van der Waals surface area (Å²) in [6, 6.07) is 18.5. The molecule has 2 aromatic heterocycles. The van der Waals surface area contributed by atoms with Gasteiger partial charge in [0.25, 0.3) is 0 Å². The van der Waals surface area contributed by atoms with Crippen LogP contribution in [0, 0.1) is 13.8 Å². The molecule has 4 aromatic rings.